The summed E-state index contributed by atoms with van der Waals surface area (Å²) in [6.45, 7) is 10.1. The smallest absolute Gasteiger partial charge is 0.225 e. The molecule has 0 spiro atoms. The predicted molar refractivity (Wildman–Crippen MR) is 113 cm³/mol. The van der Waals surface area contributed by atoms with E-state index in [9.17, 15) is 0 Å². The van der Waals surface area contributed by atoms with Crippen LogP contribution in [0.5, 0.6) is 5.75 Å². The Morgan fingerprint density at radius 1 is 1.11 bits per heavy atom. The highest BCUT2D eigenvalue weighted by Gasteiger charge is 2.20. The SMILES string of the molecule is CCNC(=NCCCOc1ccccc1C)N1CCN(c2ncccn2)CC1. The molecule has 150 valence electrons. The van der Waals surface area contributed by atoms with Crippen molar-refractivity contribution >= 4 is 11.9 Å². The molecule has 0 saturated carbocycles. The van der Waals surface area contributed by atoms with Crippen molar-refractivity contribution in [2.75, 3.05) is 50.8 Å². The van der Waals surface area contributed by atoms with Crippen LogP contribution in [-0.4, -0.2) is 66.7 Å². The average molecular weight is 383 g/mol. The molecule has 0 aliphatic carbocycles. The average Bonchev–Trinajstić information content (AvgIpc) is 2.75. The van der Waals surface area contributed by atoms with E-state index in [0.29, 0.717) is 6.61 Å². The Bertz CT molecular complexity index is 744. The number of anilines is 1. The molecule has 3 rings (SSSR count). The van der Waals surface area contributed by atoms with Crippen LogP contribution >= 0.6 is 0 Å². The van der Waals surface area contributed by atoms with Gasteiger partial charge in [0.25, 0.3) is 0 Å². The Morgan fingerprint density at radius 2 is 1.86 bits per heavy atom. The molecule has 2 heterocycles. The van der Waals surface area contributed by atoms with E-state index in [-0.39, 0.29) is 0 Å². The number of hydrogen-bond acceptors (Lipinski definition) is 5. The van der Waals surface area contributed by atoms with Gasteiger partial charge >= 0.3 is 0 Å². The monoisotopic (exact) mass is 382 g/mol. The van der Waals surface area contributed by atoms with Gasteiger partial charge in [0.2, 0.25) is 5.95 Å². The van der Waals surface area contributed by atoms with E-state index in [1.807, 2.05) is 24.3 Å². The molecule has 1 aromatic heterocycles. The number of ether oxygens (including phenoxy) is 1. The molecule has 28 heavy (non-hydrogen) atoms. The molecule has 0 atom stereocenters. The summed E-state index contributed by atoms with van der Waals surface area (Å²) in [5.41, 5.74) is 1.17. The first-order valence-corrected chi connectivity index (χ1v) is 10.0. The number of rotatable bonds is 7. The largest absolute Gasteiger partial charge is 0.493 e. The third-order valence-electron chi connectivity index (χ3n) is 4.66. The fourth-order valence-electron chi connectivity index (χ4n) is 3.15. The van der Waals surface area contributed by atoms with Gasteiger partial charge in [0.15, 0.2) is 5.96 Å². The molecule has 1 aromatic carbocycles. The summed E-state index contributed by atoms with van der Waals surface area (Å²) in [5, 5.41) is 3.41. The van der Waals surface area contributed by atoms with E-state index >= 15 is 0 Å². The minimum atomic E-state index is 0.673. The summed E-state index contributed by atoms with van der Waals surface area (Å²) in [7, 11) is 0. The zero-order chi connectivity index (χ0) is 19.6. The Morgan fingerprint density at radius 3 is 2.57 bits per heavy atom. The van der Waals surface area contributed by atoms with Crippen LogP contribution in [0, 0.1) is 6.92 Å². The van der Waals surface area contributed by atoms with Crippen molar-refractivity contribution in [1.82, 2.24) is 20.2 Å². The number of para-hydroxylation sites is 1. The van der Waals surface area contributed by atoms with Crippen LogP contribution in [0.1, 0.15) is 18.9 Å². The molecule has 7 nitrogen and oxygen atoms in total. The molecule has 1 saturated heterocycles. The summed E-state index contributed by atoms with van der Waals surface area (Å²) >= 11 is 0. The Hall–Kier alpha value is -2.83. The normalized spacial score (nSPS) is 14.9. The van der Waals surface area contributed by atoms with E-state index < -0.39 is 0 Å². The Labute approximate surface area is 167 Å². The van der Waals surface area contributed by atoms with Crippen molar-refractivity contribution < 1.29 is 4.74 Å². The van der Waals surface area contributed by atoms with Crippen molar-refractivity contribution in [3.63, 3.8) is 0 Å². The van der Waals surface area contributed by atoms with Crippen LogP contribution in [0.3, 0.4) is 0 Å². The lowest BCUT2D eigenvalue weighted by atomic mass is 10.2. The van der Waals surface area contributed by atoms with Gasteiger partial charge in [0.05, 0.1) is 6.61 Å². The van der Waals surface area contributed by atoms with Crippen LogP contribution in [0.25, 0.3) is 0 Å². The number of hydrogen-bond donors (Lipinski definition) is 1. The van der Waals surface area contributed by atoms with Gasteiger partial charge in [0, 0.05) is 58.1 Å². The van der Waals surface area contributed by atoms with Gasteiger partial charge in [-0.2, -0.15) is 0 Å². The number of aliphatic imine (C=N–C) groups is 1. The molecule has 7 heteroatoms. The third-order valence-corrected chi connectivity index (χ3v) is 4.66. The highest BCUT2D eigenvalue weighted by atomic mass is 16.5. The van der Waals surface area contributed by atoms with E-state index in [1.165, 1.54) is 5.56 Å². The maximum atomic E-state index is 5.86. The predicted octanol–water partition coefficient (Wildman–Crippen LogP) is 2.34. The summed E-state index contributed by atoms with van der Waals surface area (Å²) in [5.74, 6) is 2.74. The van der Waals surface area contributed by atoms with E-state index in [2.05, 4.69) is 45.0 Å². The van der Waals surface area contributed by atoms with Gasteiger partial charge in [-0.1, -0.05) is 18.2 Å². The van der Waals surface area contributed by atoms with Gasteiger partial charge in [0.1, 0.15) is 5.75 Å². The second-order valence-corrected chi connectivity index (χ2v) is 6.73. The molecule has 0 bridgehead atoms. The van der Waals surface area contributed by atoms with Gasteiger partial charge in [-0.15, -0.1) is 0 Å². The standard InChI is InChI=1S/C21H30N6O/c1-3-22-20(25-12-7-17-28-19-9-5-4-8-18(19)2)26-13-15-27(16-14-26)21-23-10-6-11-24-21/h4-6,8-11H,3,7,12-17H2,1-2H3,(H,22,25). The van der Waals surface area contributed by atoms with Crippen LogP contribution in [0.4, 0.5) is 5.95 Å². The molecular formula is C21H30N6O. The summed E-state index contributed by atoms with van der Waals surface area (Å²) in [6, 6.07) is 9.96. The number of aromatic nitrogens is 2. The second-order valence-electron chi connectivity index (χ2n) is 6.73. The van der Waals surface area contributed by atoms with E-state index in [1.54, 1.807) is 12.4 Å². The number of aryl methyl sites for hydroxylation is 1. The van der Waals surface area contributed by atoms with Gasteiger partial charge in [-0.05, 0) is 31.5 Å². The lowest BCUT2D eigenvalue weighted by Crippen LogP contribution is -2.53. The highest BCUT2D eigenvalue weighted by molar-refractivity contribution is 5.80. The van der Waals surface area contributed by atoms with Crippen molar-refractivity contribution in [1.29, 1.82) is 0 Å². The van der Waals surface area contributed by atoms with Crippen molar-refractivity contribution in [2.24, 2.45) is 4.99 Å². The molecular weight excluding hydrogens is 352 g/mol. The summed E-state index contributed by atoms with van der Waals surface area (Å²) < 4.78 is 5.86. The molecule has 0 radical (unpaired) electrons. The van der Waals surface area contributed by atoms with Crippen molar-refractivity contribution in [2.45, 2.75) is 20.3 Å². The first-order valence-electron chi connectivity index (χ1n) is 10.0. The quantitative estimate of drug-likeness (QED) is 0.450. The first kappa shape index (κ1) is 19.9. The number of nitrogens with zero attached hydrogens (tertiary/aromatic N) is 5. The van der Waals surface area contributed by atoms with Gasteiger partial charge in [-0.3, -0.25) is 4.99 Å². The summed E-state index contributed by atoms with van der Waals surface area (Å²) in [4.78, 5) is 18.0. The van der Waals surface area contributed by atoms with E-state index in [0.717, 1.165) is 63.3 Å². The molecule has 1 N–H and O–H groups in total. The molecule has 1 fully saturated rings. The molecule has 1 aliphatic rings. The molecule has 0 unspecified atom stereocenters. The lowest BCUT2D eigenvalue weighted by Gasteiger charge is -2.36. The molecule has 1 aliphatic heterocycles. The second kappa shape index (κ2) is 10.5. The Kier molecular flexibility index (Phi) is 7.46. The summed E-state index contributed by atoms with van der Waals surface area (Å²) in [6.07, 6.45) is 4.47. The van der Waals surface area contributed by atoms with Crippen LogP contribution in [0.2, 0.25) is 0 Å². The van der Waals surface area contributed by atoms with Crippen molar-refractivity contribution in [3.8, 4) is 5.75 Å². The fourth-order valence-corrected chi connectivity index (χ4v) is 3.15. The van der Waals surface area contributed by atoms with E-state index in [4.69, 9.17) is 9.73 Å². The zero-order valence-corrected chi connectivity index (χ0v) is 16.8. The van der Waals surface area contributed by atoms with Crippen molar-refractivity contribution in [3.05, 3.63) is 48.3 Å². The minimum absolute atomic E-state index is 0.673. The first-order chi connectivity index (χ1) is 13.8. The number of guanidine groups is 1. The van der Waals surface area contributed by atoms with Gasteiger partial charge < -0.3 is 19.9 Å². The van der Waals surface area contributed by atoms with Gasteiger partial charge in [-0.25, -0.2) is 9.97 Å². The molecule has 0 amide bonds. The van der Waals surface area contributed by atoms with Crippen LogP contribution < -0.4 is 15.0 Å². The lowest BCUT2D eigenvalue weighted by molar-refractivity contribution is 0.310. The minimum Gasteiger partial charge on any atom is -0.493 e. The number of piperazine rings is 1. The van der Waals surface area contributed by atoms with Crippen LogP contribution in [0.15, 0.2) is 47.7 Å². The number of benzene rings is 1. The topological polar surface area (TPSA) is 65.9 Å². The van der Waals surface area contributed by atoms with Crippen LogP contribution in [-0.2, 0) is 0 Å². The third kappa shape index (κ3) is 5.58. The number of nitrogens with one attached hydrogen (secondary N) is 1. The zero-order valence-electron chi connectivity index (χ0n) is 16.8. The Balaban J connectivity index is 1.46. The molecule has 2 aromatic rings. The maximum absolute atomic E-state index is 5.86. The maximum Gasteiger partial charge on any atom is 0.225 e. The highest BCUT2D eigenvalue weighted by Crippen LogP contribution is 2.16. The fraction of sp³-hybridized carbons (Fsp3) is 0.476.